The molecule has 28 heavy (non-hydrogen) atoms. The predicted molar refractivity (Wildman–Crippen MR) is 114 cm³/mol. The maximum absolute atomic E-state index is 13.3. The normalized spacial score (nSPS) is 16.2. The van der Waals surface area contributed by atoms with Gasteiger partial charge in [0.1, 0.15) is 5.82 Å². The Balaban J connectivity index is 1.49. The Bertz CT molecular complexity index is 956. The average molecular weight is 411 g/mol. The van der Waals surface area contributed by atoms with Gasteiger partial charge in [-0.3, -0.25) is 4.79 Å². The molecule has 1 atom stereocenters. The van der Waals surface area contributed by atoms with Crippen LogP contribution in [0.4, 0.5) is 4.39 Å². The van der Waals surface area contributed by atoms with E-state index in [4.69, 9.17) is 0 Å². The second kappa shape index (κ2) is 8.71. The number of hydrogen-bond donors (Lipinski definition) is 0. The fourth-order valence-electron chi connectivity index (χ4n) is 3.17. The Morgan fingerprint density at radius 3 is 2.61 bits per heavy atom. The van der Waals surface area contributed by atoms with Gasteiger partial charge in [0.15, 0.2) is 0 Å². The molecule has 6 heteroatoms. The van der Waals surface area contributed by atoms with E-state index in [1.54, 1.807) is 40.2 Å². The summed E-state index contributed by atoms with van der Waals surface area (Å²) in [7, 11) is 0. The van der Waals surface area contributed by atoms with Crippen molar-refractivity contribution in [2.75, 3.05) is 5.75 Å². The van der Waals surface area contributed by atoms with E-state index in [1.165, 1.54) is 17.7 Å². The number of carbonyl (C=O) groups is 1. The molecule has 1 aliphatic heterocycles. The van der Waals surface area contributed by atoms with E-state index in [-0.39, 0.29) is 17.8 Å². The van der Waals surface area contributed by atoms with E-state index in [2.05, 4.69) is 17.2 Å². The van der Waals surface area contributed by atoms with Crippen LogP contribution in [-0.2, 0) is 10.5 Å². The molecule has 1 amide bonds. The van der Waals surface area contributed by atoms with Gasteiger partial charge in [-0.15, -0.1) is 23.1 Å². The number of halogens is 1. The van der Waals surface area contributed by atoms with Gasteiger partial charge in [-0.25, -0.2) is 9.40 Å². The molecule has 0 spiro atoms. The number of thioether (sulfide) groups is 1. The Hall–Kier alpha value is -2.44. The highest BCUT2D eigenvalue weighted by atomic mass is 32.2. The van der Waals surface area contributed by atoms with Crippen LogP contribution in [0.3, 0.4) is 0 Å². The van der Waals surface area contributed by atoms with E-state index in [1.807, 2.05) is 35.7 Å². The summed E-state index contributed by atoms with van der Waals surface area (Å²) in [4.78, 5) is 14.0. The molecule has 2 aromatic carbocycles. The predicted octanol–water partition coefficient (Wildman–Crippen LogP) is 5.50. The molecule has 0 saturated heterocycles. The number of rotatable bonds is 6. The fourth-order valence-corrected chi connectivity index (χ4v) is 4.73. The second-order valence-electron chi connectivity index (χ2n) is 6.51. The largest absolute Gasteiger partial charge is 0.272 e. The van der Waals surface area contributed by atoms with Crippen molar-refractivity contribution in [1.82, 2.24) is 5.01 Å². The van der Waals surface area contributed by atoms with Crippen molar-refractivity contribution in [2.45, 2.75) is 18.2 Å². The molecule has 142 valence electrons. The lowest BCUT2D eigenvalue weighted by atomic mass is 10.0. The monoisotopic (exact) mass is 410 g/mol. The van der Waals surface area contributed by atoms with E-state index < -0.39 is 0 Å². The van der Waals surface area contributed by atoms with Gasteiger partial charge in [0.05, 0.1) is 22.4 Å². The zero-order valence-corrected chi connectivity index (χ0v) is 16.8. The Morgan fingerprint density at radius 2 is 1.89 bits per heavy atom. The maximum atomic E-state index is 13.3. The topological polar surface area (TPSA) is 32.7 Å². The Morgan fingerprint density at radius 1 is 1.11 bits per heavy atom. The summed E-state index contributed by atoms with van der Waals surface area (Å²) in [6.45, 7) is 0. The zero-order chi connectivity index (χ0) is 19.3. The van der Waals surface area contributed by atoms with E-state index >= 15 is 0 Å². The first-order valence-corrected chi connectivity index (χ1v) is 11.0. The van der Waals surface area contributed by atoms with Gasteiger partial charge in [-0.05, 0) is 34.7 Å². The summed E-state index contributed by atoms with van der Waals surface area (Å²) < 4.78 is 13.3. The summed E-state index contributed by atoms with van der Waals surface area (Å²) in [5.41, 5.74) is 3.00. The molecule has 1 aliphatic rings. The van der Waals surface area contributed by atoms with Crippen molar-refractivity contribution in [3.05, 3.63) is 93.9 Å². The number of carbonyl (C=O) groups excluding carboxylic acids is 1. The van der Waals surface area contributed by atoms with Crippen LogP contribution in [0.1, 0.15) is 28.5 Å². The van der Waals surface area contributed by atoms with Crippen LogP contribution >= 0.6 is 23.1 Å². The van der Waals surface area contributed by atoms with Crippen LogP contribution in [0.2, 0.25) is 0 Å². The first-order chi connectivity index (χ1) is 13.7. The highest BCUT2D eigenvalue weighted by molar-refractivity contribution is 7.99. The molecule has 0 saturated carbocycles. The molecule has 0 unspecified atom stereocenters. The van der Waals surface area contributed by atoms with Gasteiger partial charge < -0.3 is 0 Å². The molecular formula is C22H19FN2OS2. The third kappa shape index (κ3) is 4.34. The SMILES string of the molecule is O=C(CSCc1ccccc1)N1N=C(c2cccs2)C[C@H]1c1ccc(F)cc1. The summed E-state index contributed by atoms with van der Waals surface area (Å²) in [5.74, 6) is 0.830. The van der Waals surface area contributed by atoms with Crippen LogP contribution in [0.25, 0.3) is 0 Å². The molecule has 0 aliphatic carbocycles. The lowest BCUT2D eigenvalue weighted by molar-refractivity contribution is -0.130. The van der Waals surface area contributed by atoms with E-state index in [0.717, 1.165) is 21.9 Å². The number of amides is 1. The summed E-state index contributed by atoms with van der Waals surface area (Å²) in [6.07, 6.45) is 0.640. The molecule has 3 aromatic rings. The summed E-state index contributed by atoms with van der Waals surface area (Å²) in [6, 6.07) is 20.3. The van der Waals surface area contributed by atoms with Crippen molar-refractivity contribution in [3.63, 3.8) is 0 Å². The van der Waals surface area contributed by atoms with Crippen molar-refractivity contribution < 1.29 is 9.18 Å². The van der Waals surface area contributed by atoms with E-state index in [9.17, 15) is 9.18 Å². The minimum absolute atomic E-state index is 0.0261. The Kier molecular flexibility index (Phi) is 5.88. The van der Waals surface area contributed by atoms with Crippen LogP contribution < -0.4 is 0 Å². The molecule has 0 radical (unpaired) electrons. The number of hydrogen-bond acceptors (Lipinski definition) is 4. The van der Waals surface area contributed by atoms with Gasteiger partial charge in [0.2, 0.25) is 0 Å². The number of thiophene rings is 1. The first kappa shape index (κ1) is 18.9. The van der Waals surface area contributed by atoms with Crippen molar-refractivity contribution in [2.24, 2.45) is 5.10 Å². The second-order valence-corrected chi connectivity index (χ2v) is 8.45. The molecule has 1 aromatic heterocycles. The average Bonchev–Trinajstić information content (AvgIpc) is 3.39. The minimum atomic E-state index is -0.280. The van der Waals surface area contributed by atoms with Gasteiger partial charge in [-0.1, -0.05) is 48.5 Å². The van der Waals surface area contributed by atoms with Crippen LogP contribution in [-0.4, -0.2) is 22.4 Å². The third-order valence-corrected chi connectivity index (χ3v) is 6.47. The van der Waals surface area contributed by atoms with Crippen LogP contribution in [0, 0.1) is 5.82 Å². The van der Waals surface area contributed by atoms with E-state index in [0.29, 0.717) is 12.2 Å². The lowest BCUT2D eigenvalue weighted by Crippen LogP contribution is -2.28. The van der Waals surface area contributed by atoms with Crippen molar-refractivity contribution >= 4 is 34.7 Å². The minimum Gasteiger partial charge on any atom is -0.272 e. The standard InChI is InChI=1S/C22H19FN2OS2/c23-18-10-8-17(9-11-18)20-13-19(21-7-4-12-28-21)24-25(20)22(26)15-27-14-16-5-2-1-3-6-16/h1-12,20H,13-15H2/t20-/m0/s1. The first-order valence-electron chi connectivity index (χ1n) is 9.01. The maximum Gasteiger partial charge on any atom is 0.253 e. The van der Waals surface area contributed by atoms with Gasteiger partial charge in [-0.2, -0.15) is 5.10 Å². The number of benzene rings is 2. The van der Waals surface area contributed by atoms with Crippen LogP contribution in [0.15, 0.2) is 77.2 Å². The van der Waals surface area contributed by atoms with Crippen molar-refractivity contribution in [1.29, 1.82) is 0 Å². The molecule has 0 fully saturated rings. The third-order valence-electron chi connectivity index (χ3n) is 4.56. The quantitative estimate of drug-likeness (QED) is 0.538. The number of hydrazone groups is 1. The molecule has 0 N–H and O–H groups in total. The molecule has 3 nitrogen and oxygen atoms in total. The summed E-state index contributed by atoms with van der Waals surface area (Å²) >= 11 is 3.20. The fraction of sp³-hybridized carbons (Fsp3) is 0.182. The molecule has 4 rings (SSSR count). The lowest BCUT2D eigenvalue weighted by Gasteiger charge is -2.22. The Labute approximate surface area is 171 Å². The highest BCUT2D eigenvalue weighted by Crippen LogP contribution is 2.34. The molecule has 2 heterocycles. The number of nitrogens with zero attached hydrogens (tertiary/aromatic N) is 2. The van der Waals surface area contributed by atoms with Crippen LogP contribution in [0.5, 0.6) is 0 Å². The van der Waals surface area contributed by atoms with Gasteiger partial charge >= 0.3 is 0 Å². The van der Waals surface area contributed by atoms with Crippen molar-refractivity contribution in [3.8, 4) is 0 Å². The van der Waals surface area contributed by atoms with Gasteiger partial charge in [0, 0.05) is 12.2 Å². The summed E-state index contributed by atoms with van der Waals surface area (Å²) in [5, 5.41) is 8.23. The highest BCUT2D eigenvalue weighted by Gasteiger charge is 2.33. The smallest absolute Gasteiger partial charge is 0.253 e. The molecule has 0 bridgehead atoms. The van der Waals surface area contributed by atoms with Gasteiger partial charge in [0.25, 0.3) is 5.91 Å². The zero-order valence-electron chi connectivity index (χ0n) is 15.1. The molecular weight excluding hydrogens is 391 g/mol.